The second kappa shape index (κ2) is 6.42. The highest BCUT2D eigenvalue weighted by Gasteiger charge is 2.13. The van der Waals surface area contributed by atoms with Gasteiger partial charge in [-0.2, -0.15) is 0 Å². The molecule has 1 heterocycles. The SMILES string of the molecule is Nc1cnc(OCCOc2ccccc2)c(C(=O)O)c1. The highest BCUT2D eigenvalue weighted by molar-refractivity contribution is 5.91. The summed E-state index contributed by atoms with van der Waals surface area (Å²) in [7, 11) is 0. The number of aromatic carboxylic acids is 1. The van der Waals surface area contributed by atoms with Crippen LogP contribution in [-0.4, -0.2) is 29.3 Å². The van der Waals surface area contributed by atoms with E-state index in [2.05, 4.69) is 4.98 Å². The molecule has 0 aliphatic heterocycles. The summed E-state index contributed by atoms with van der Waals surface area (Å²) in [5.41, 5.74) is 5.70. The quantitative estimate of drug-likeness (QED) is 0.780. The summed E-state index contributed by atoms with van der Waals surface area (Å²) in [6.07, 6.45) is 1.35. The first kappa shape index (κ1) is 13.7. The monoisotopic (exact) mass is 274 g/mol. The number of pyridine rings is 1. The van der Waals surface area contributed by atoms with Crippen LogP contribution in [0.5, 0.6) is 11.6 Å². The van der Waals surface area contributed by atoms with E-state index < -0.39 is 5.97 Å². The molecule has 0 saturated carbocycles. The Morgan fingerprint density at radius 3 is 2.60 bits per heavy atom. The third-order valence-electron chi connectivity index (χ3n) is 2.44. The van der Waals surface area contributed by atoms with Gasteiger partial charge in [-0.3, -0.25) is 0 Å². The molecule has 0 aliphatic rings. The number of benzene rings is 1. The molecule has 2 rings (SSSR count). The summed E-state index contributed by atoms with van der Waals surface area (Å²) >= 11 is 0. The molecule has 0 amide bonds. The predicted octanol–water partition coefficient (Wildman–Crippen LogP) is 1.82. The average Bonchev–Trinajstić information content (AvgIpc) is 2.45. The van der Waals surface area contributed by atoms with Crippen LogP contribution in [0.1, 0.15) is 10.4 Å². The van der Waals surface area contributed by atoms with Gasteiger partial charge in [0.05, 0.1) is 11.9 Å². The molecule has 1 aromatic carbocycles. The first-order chi connectivity index (χ1) is 9.66. The van der Waals surface area contributed by atoms with E-state index >= 15 is 0 Å². The third-order valence-corrected chi connectivity index (χ3v) is 2.44. The zero-order valence-electron chi connectivity index (χ0n) is 10.7. The molecule has 1 aromatic heterocycles. The Bertz CT molecular complexity index is 587. The smallest absolute Gasteiger partial charge is 0.341 e. The molecule has 0 radical (unpaired) electrons. The molecular formula is C14H14N2O4. The average molecular weight is 274 g/mol. The largest absolute Gasteiger partial charge is 0.490 e. The lowest BCUT2D eigenvalue weighted by Crippen LogP contribution is -2.12. The number of carboxylic acid groups (broad SMARTS) is 1. The summed E-state index contributed by atoms with van der Waals surface area (Å²) < 4.78 is 10.7. The molecule has 0 aliphatic carbocycles. The van der Waals surface area contributed by atoms with Gasteiger partial charge in [0.2, 0.25) is 5.88 Å². The Balaban J connectivity index is 1.90. The van der Waals surface area contributed by atoms with E-state index in [-0.39, 0.29) is 30.3 Å². The number of hydrogen-bond donors (Lipinski definition) is 2. The number of nitrogens with zero attached hydrogens (tertiary/aromatic N) is 1. The van der Waals surface area contributed by atoms with Crippen molar-refractivity contribution in [3.8, 4) is 11.6 Å². The molecule has 20 heavy (non-hydrogen) atoms. The van der Waals surface area contributed by atoms with Gasteiger partial charge in [0.15, 0.2) is 0 Å². The van der Waals surface area contributed by atoms with Crippen molar-refractivity contribution in [1.29, 1.82) is 0 Å². The molecule has 0 spiro atoms. The van der Waals surface area contributed by atoms with Gasteiger partial charge in [-0.05, 0) is 18.2 Å². The number of para-hydroxylation sites is 1. The van der Waals surface area contributed by atoms with Crippen LogP contribution in [-0.2, 0) is 0 Å². The van der Waals surface area contributed by atoms with Crippen molar-refractivity contribution in [3.05, 3.63) is 48.2 Å². The minimum absolute atomic E-state index is 0.0309. The van der Waals surface area contributed by atoms with Crippen LogP contribution in [0.15, 0.2) is 42.6 Å². The molecule has 0 bridgehead atoms. The van der Waals surface area contributed by atoms with Crippen molar-refractivity contribution in [2.24, 2.45) is 0 Å². The van der Waals surface area contributed by atoms with E-state index in [0.29, 0.717) is 0 Å². The van der Waals surface area contributed by atoms with Gasteiger partial charge in [-0.1, -0.05) is 18.2 Å². The number of rotatable bonds is 6. The Morgan fingerprint density at radius 2 is 1.90 bits per heavy atom. The van der Waals surface area contributed by atoms with E-state index in [0.717, 1.165) is 5.75 Å². The van der Waals surface area contributed by atoms with Gasteiger partial charge in [0.1, 0.15) is 24.5 Å². The molecule has 0 atom stereocenters. The fourth-order valence-electron chi connectivity index (χ4n) is 1.55. The van der Waals surface area contributed by atoms with Crippen LogP contribution in [0.4, 0.5) is 5.69 Å². The topological polar surface area (TPSA) is 94.7 Å². The van der Waals surface area contributed by atoms with Crippen LogP contribution in [0.3, 0.4) is 0 Å². The Morgan fingerprint density at radius 1 is 1.20 bits per heavy atom. The molecule has 2 aromatic rings. The summed E-state index contributed by atoms with van der Waals surface area (Å²) in [5.74, 6) is -0.382. The first-order valence-corrected chi connectivity index (χ1v) is 5.96. The molecule has 6 nitrogen and oxygen atoms in total. The number of nitrogens with two attached hydrogens (primary N) is 1. The number of nitrogen functional groups attached to an aromatic ring is 1. The molecule has 104 valence electrons. The zero-order chi connectivity index (χ0) is 14.4. The lowest BCUT2D eigenvalue weighted by molar-refractivity contribution is 0.0690. The number of hydrogen-bond acceptors (Lipinski definition) is 5. The van der Waals surface area contributed by atoms with Gasteiger partial charge in [0, 0.05) is 0 Å². The Kier molecular flexibility index (Phi) is 4.39. The van der Waals surface area contributed by atoms with Crippen molar-refractivity contribution < 1.29 is 19.4 Å². The zero-order valence-corrected chi connectivity index (χ0v) is 10.7. The molecular weight excluding hydrogens is 260 g/mol. The van der Waals surface area contributed by atoms with Gasteiger partial charge in [0.25, 0.3) is 0 Å². The second-order valence-electron chi connectivity index (χ2n) is 3.94. The van der Waals surface area contributed by atoms with E-state index in [1.54, 1.807) is 0 Å². The lowest BCUT2D eigenvalue weighted by Gasteiger charge is -2.09. The highest BCUT2D eigenvalue weighted by atomic mass is 16.5. The maximum Gasteiger partial charge on any atom is 0.341 e. The van der Waals surface area contributed by atoms with E-state index in [9.17, 15) is 4.79 Å². The standard InChI is InChI=1S/C14H14N2O4/c15-10-8-12(14(17)18)13(16-9-10)20-7-6-19-11-4-2-1-3-5-11/h1-5,8-9H,6-7,15H2,(H,17,18). The van der Waals surface area contributed by atoms with Crippen LogP contribution in [0.2, 0.25) is 0 Å². The van der Waals surface area contributed by atoms with E-state index in [4.69, 9.17) is 20.3 Å². The van der Waals surface area contributed by atoms with Gasteiger partial charge in [-0.15, -0.1) is 0 Å². The van der Waals surface area contributed by atoms with Gasteiger partial charge < -0.3 is 20.3 Å². The minimum atomic E-state index is -1.14. The number of carbonyl (C=O) groups is 1. The van der Waals surface area contributed by atoms with E-state index in [1.165, 1.54) is 12.3 Å². The number of aromatic nitrogens is 1. The van der Waals surface area contributed by atoms with Crippen LogP contribution in [0.25, 0.3) is 0 Å². The van der Waals surface area contributed by atoms with Crippen LogP contribution < -0.4 is 15.2 Å². The number of ether oxygens (including phenoxy) is 2. The normalized spacial score (nSPS) is 10.0. The minimum Gasteiger partial charge on any atom is -0.490 e. The van der Waals surface area contributed by atoms with Crippen molar-refractivity contribution in [1.82, 2.24) is 4.98 Å². The number of carboxylic acids is 1. The molecule has 0 unspecified atom stereocenters. The van der Waals surface area contributed by atoms with Crippen molar-refractivity contribution >= 4 is 11.7 Å². The van der Waals surface area contributed by atoms with Crippen molar-refractivity contribution in [3.63, 3.8) is 0 Å². The van der Waals surface area contributed by atoms with Crippen LogP contribution in [0, 0.1) is 0 Å². The highest BCUT2D eigenvalue weighted by Crippen LogP contribution is 2.17. The van der Waals surface area contributed by atoms with Gasteiger partial charge in [-0.25, -0.2) is 9.78 Å². The summed E-state index contributed by atoms with van der Waals surface area (Å²) in [6, 6.07) is 10.6. The molecule has 3 N–H and O–H groups in total. The van der Waals surface area contributed by atoms with Gasteiger partial charge >= 0.3 is 5.97 Å². The first-order valence-electron chi connectivity index (χ1n) is 5.96. The van der Waals surface area contributed by atoms with E-state index in [1.807, 2.05) is 30.3 Å². The fourth-order valence-corrected chi connectivity index (χ4v) is 1.55. The maximum atomic E-state index is 11.0. The molecule has 6 heteroatoms. The second-order valence-corrected chi connectivity index (χ2v) is 3.94. The number of anilines is 1. The summed E-state index contributed by atoms with van der Waals surface area (Å²) in [4.78, 5) is 14.9. The Hall–Kier alpha value is -2.76. The van der Waals surface area contributed by atoms with Crippen molar-refractivity contribution in [2.75, 3.05) is 18.9 Å². The summed E-state index contributed by atoms with van der Waals surface area (Å²) in [6.45, 7) is 0.473. The Labute approximate surface area is 115 Å². The third kappa shape index (κ3) is 3.61. The fraction of sp³-hybridized carbons (Fsp3) is 0.143. The molecule has 0 saturated heterocycles. The van der Waals surface area contributed by atoms with Crippen molar-refractivity contribution in [2.45, 2.75) is 0 Å². The summed E-state index contributed by atoms with van der Waals surface area (Å²) in [5, 5.41) is 9.02. The van der Waals surface area contributed by atoms with Crippen LogP contribution >= 0.6 is 0 Å². The maximum absolute atomic E-state index is 11.0. The predicted molar refractivity (Wildman–Crippen MR) is 73.0 cm³/mol. The molecule has 0 fully saturated rings. The lowest BCUT2D eigenvalue weighted by atomic mass is 10.2.